The van der Waals surface area contributed by atoms with E-state index in [1.807, 2.05) is 25.1 Å². The number of carbonyl (C=O) groups excluding carboxylic acids is 1. The van der Waals surface area contributed by atoms with Crippen molar-refractivity contribution in [1.82, 2.24) is 5.32 Å². The summed E-state index contributed by atoms with van der Waals surface area (Å²) in [4.78, 5) is 11.8. The van der Waals surface area contributed by atoms with E-state index in [9.17, 15) is 4.79 Å². The number of methoxy groups -OCH3 is 1. The zero-order valence-corrected chi connectivity index (χ0v) is 14.8. The molecule has 0 bridgehead atoms. The van der Waals surface area contributed by atoms with Gasteiger partial charge in [-0.15, -0.1) is 11.8 Å². The van der Waals surface area contributed by atoms with Crippen molar-refractivity contribution in [3.8, 4) is 5.75 Å². The first-order chi connectivity index (χ1) is 9.43. The predicted octanol–water partition coefficient (Wildman–Crippen LogP) is 3.85. The van der Waals surface area contributed by atoms with Crippen LogP contribution in [-0.4, -0.2) is 24.8 Å². The Hall–Kier alpha value is -0.680. The quantitative estimate of drug-likeness (QED) is 0.803. The summed E-state index contributed by atoms with van der Waals surface area (Å²) < 4.78 is 6.34. The summed E-state index contributed by atoms with van der Waals surface area (Å²) in [7, 11) is 1.66. The van der Waals surface area contributed by atoms with Gasteiger partial charge in [0, 0.05) is 21.8 Å². The third-order valence-corrected chi connectivity index (χ3v) is 4.60. The molecule has 0 aliphatic rings. The topological polar surface area (TPSA) is 38.3 Å². The highest BCUT2D eigenvalue weighted by Crippen LogP contribution is 2.26. The molecule has 1 aromatic rings. The molecule has 0 fully saturated rings. The lowest BCUT2D eigenvalue weighted by atomic mass is 10.1. The standard InChI is InChI=1S/C15H22BrNO2S/c1-10(2)11(3)17-15(18)9-20-8-12-7-13(16)5-6-14(12)19-4/h5-7,10-11H,8-9H2,1-4H3,(H,17,18)/t11-/m0/s1. The van der Waals surface area contributed by atoms with Crippen molar-refractivity contribution in [3.05, 3.63) is 28.2 Å². The zero-order valence-electron chi connectivity index (χ0n) is 12.4. The van der Waals surface area contributed by atoms with Gasteiger partial charge in [-0.2, -0.15) is 0 Å². The molecule has 5 heteroatoms. The number of thioether (sulfide) groups is 1. The molecule has 0 unspecified atom stereocenters. The van der Waals surface area contributed by atoms with Crippen molar-refractivity contribution in [2.24, 2.45) is 5.92 Å². The average molecular weight is 360 g/mol. The van der Waals surface area contributed by atoms with Crippen molar-refractivity contribution in [1.29, 1.82) is 0 Å². The maximum Gasteiger partial charge on any atom is 0.230 e. The van der Waals surface area contributed by atoms with Crippen molar-refractivity contribution in [2.75, 3.05) is 12.9 Å². The van der Waals surface area contributed by atoms with E-state index >= 15 is 0 Å². The molecule has 0 aromatic heterocycles. The highest BCUT2D eigenvalue weighted by atomic mass is 79.9. The summed E-state index contributed by atoms with van der Waals surface area (Å²) in [6.07, 6.45) is 0. The molecule has 3 nitrogen and oxygen atoms in total. The van der Waals surface area contributed by atoms with E-state index in [0.29, 0.717) is 11.7 Å². The number of rotatable bonds is 7. The largest absolute Gasteiger partial charge is 0.496 e. The third-order valence-electron chi connectivity index (χ3n) is 3.12. The van der Waals surface area contributed by atoms with Crippen LogP contribution in [0.15, 0.2) is 22.7 Å². The van der Waals surface area contributed by atoms with Crippen LogP contribution < -0.4 is 10.1 Å². The fourth-order valence-electron chi connectivity index (χ4n) is 1.58. The van der Waals surface area contributed by atoms with Crippen molar-refractivity contribution in [2.45, 2.75) is 32.6 Å². The Morgan fingerprint density at radius 3 is 2.70 bits per heavy atom. The van der Waals surface area contributed by atoms with E-state index in [1.54, 1.807) is 18.9 Å². The van der Waals surface area contributed by atoms with Gasteiger partial charge in [0.1, 0.15) is 5.75 Å². The maximum atomic E-state index is 11.8. The number of nitrogens with one attached hydrogen (secondary N) is 1. The van der Waals surface area contributed by atoms with Crippen molar-refractivity contribution < 1.29 is 9.53 Å². The van der Waals surface area contributed by atoms with Gasteiger partial charge in [0.2, 0.25) is 5.91 Å². The highest BCUT2D eigenvalue weighted by molar-refractivity contribution is 9.10. The molecule has 1 N–H and O–H groups in total. The number of hydrogen-bond acceptors (Lipinski definition) is 3. The third kappa shape index (κ3) is 5.75. The Labute approximate surface area is 134 Å². The zero-order chi connectivity index (χ0) is 15.1. The van der Waals surface area contributed by atoms with E-state index in [1.165, 1.54) is 0 Å². The molecule has 1 amide bonds. The average Bonchev–Trinajstić information content (AvgIpc) is 2.38. The van der Waals surface area contributed by atoms with Gasteiger partial charge < -0.3 is 10.1 Å². The number of carbonyl (C=O) groups is 1. The van der Waals surface area contributed by atoms with Crippen molar-refractivity contribution in [3.63, 3.8) is 0 Å². The summed E-state index contributed by atoms with van der Waals surface area (Å²) in [5.74, 6) is 2.62. The minimum atomic E-state index is 0.0881. The van der Waals surface area contributed by atoms with Crippen LogP contribution in [0.2, 0.25) is 0 Å². The molecule has 1 rings (SSSR count). The Bertz CT molecular complexity index is 451. The van der Waals surface area contributed by atoms with E-state index in [-0.39, 0.29) is 11.9 Å². The first-order valence-corrected chi connectivity index (χ1v) is 8.58. The van der Waals surface area contributed by atoms with Gasteiger partial charge in [0.15, 0.2) is 0 Å². The van der Waals surface area contributed by atoms with Gasteiger partial charge in [0.25, 0.3) is 0 Å². The lowest BCUT2D eigenvalue weighted by molar-refractivity contribution is -0.119. The second-order valence-electron chi connectivity index (χ2n) is 5.05. The smallest absolute Gasteiger partial charge is 0.230 e. The molecule has 0 aliphatic heterocycles. The van der Waals surface area contributed by atoms with Gasteiger partial charge >= 0.3 is 0 Å². The second-order valence-corrected chi connectivity index (χ2v) is 6.95. The first-order valence-electron chi connectivity index (χ1n) is 6.63. The van der Waals surface area contributed by atoms with E-state index < -0.39 is 0 Å². The number of benzene rings is 1. The van der Waals surface area contributed by atoms with E-state index in [4.69, 9.17) is 4.74 Å². The van der Waals surface area contributed by atoms with Gasteiger partial charge in [-0.3, -0.25) is 4.79 Å². The molecule has 0 heterocycles. The summed E-state index contributed by atoms with van der Waals surface area (Å²) in [6.45, 7) is 6.24. The minimum absolute atomic E-state index is 0.0881. The fraction of sp³-hybridized carbons (Fsp3) is 0.533. The molecule has 1 atom stereocenters. The van der Waals surface area contributed by atoms with Crippen molar-refractivity contribution >= 4 is 33.6 Å². The second kappa shape index (κ2) is 8.57. The van der Waals surface area contributed by atoms with Gasteiger partial charge in [-0.05, 0) is 31.0 Å². The van der Waals surface area contributed by atoms with Gasteiger partial charge in [-0.1, -0.05) is 29.8 Å². The Morgan fingerprint density at radius 1 is 1.40 bits per heavy atom. The monoisotopic (exact) mass is 359 g/mol. The summed E-state index contributed by atoms with van der Waals surface area (Å²) >= 11 is 5.04. The lowest BCUT2D eigenvalue weighted by Crippen LogP contribution is -2.37. The molecule has 0 radical (unpaired) electrons. The molecule has 0 saturated heterocycles. The van der Waals surface area contributed by atoms with E-state index in [2.05, 4.69) is 35.1 Å². The number of ether oxygens (including phenoxy) is 1. The minimum Gasteiger partial charge on any atom is -0.496 e. The number of halogens is 1. The van der Waals surface area contributed by atoms with Gasteiger partial charge in [0.05, 0.1) is 12.9 Å². The molecule has 1 aromatic carbocycles. The Balaban J connectivity index is 2.44. The van der Waals surface area contributed by atoms with Crippen LogP contribution in [0.25, 0.3) is 0 Å². The maximum absolute atomic E-state index is 11.8. The lowest BCUT2D eigenvalue weighted by Gasteiger charge is -2.17. The summed E-state index contributed by atoms with van der Waals surface area (Å²) in [5, 5.41) is 3.01. The molecule has 20 heavy (non-hydrogen) atoms. The molecule has 0 aliphatic carbocycles. The molecule has 112 valence electrons. The molecular weight excluding hydrogens is 338 g/mol. The summed E-state index contributed by atoms with van der Waals surface area (Å²) in [5.41, 5.74) is 1.09. The number of hydrogen-bond donors (Lipinski definition) is 1. The fourth-order valence-corrected chi connectivity index (χ4v) is 2.80. The molecule has 0 saturated carbocycles. The Morgan fingerprint density at radius 2 is 2.10 bits per heavy atom. The van der Waals surface area contributed by atoms with Gasteiger partial charge in [-0.25, -0.2) is 0 Å². The predicted molar refractivity (Wildman–Crippen MR) is 89.3 cm³/mol. The van der Waals surface area contributed by atoms with E-state index in [0.717, 1.165) is 21.5 Å². The van der Waals surface area contributed by atoms with Crippen LogP contribution in [0.1, 0.15) is 26.3 Å². The first kappa shape index (κ1) is 17.4. The van der Waals surface area contributed by atoms with Crippen LogP contribution in [-0.2, 0) is 10.5 Å². The van der Waals surface area contributed by atoms with Crippen LogP contribution in [0, 0.1) is 5.92 Å². The van der Waals surface area contributed by atoms with Crippen LogP contribution in [0.4, 0.5) is 0 Å². The molecular formula is C15H22BrNO2S. The summed E-state index contributed by atoms with van der Waals surface area (Å²) in [6, 6.07) is 6.12. The van der Waals surface area contributed by atoms with Crippen LogP contribution in [0.3, 0.4) is 0 Å². The Kier molecular flexibility index (Phi) is 7.45. The molecule has 0 spiro atoms. The van der Waals surface area contributed by atoms with Crippen LogP contribution in [0.5, 0.6) is 5.75 Å². The SMILES string of the molecule is COc1ccc(Br)cc1CSCC(=O)N[C@@H](C)C(C)C. The van der Waals surface area contributed by atoms with Crippen LogP contribution >= 0.6 is 27.7 Å². The normalized spacial score (nSPS) is 12.3. The number of amides is 1. The highest BCUT2D eigenvalue weighted by Gasteiger charge is 2.11.